The molecular weight excluding hydrogens is 194 g/mol. The summed E-state index contributed by atoms with van der Waals surface area (Å²) in [6.45, 7) is 3.67. The van der Waals surface area contributed by atoms with Crippen LogP contribution >= 0.6 is 0 Å². The topological polar surface area (TPSA) is 58.6 Å². The van der Waals surface area contributed by atoms with Crippen molar-refractivity contribution in [3.63, 3.8) is 0 Å². The molecule has 0 bridgehead atoms. The standard InChI is InChI=1S/C11H19NO3/c1-2-3-4-7-12-8-9-5-6-10(15-9)11(13)14/h2-3,9-10,12H,4-8H2,1H3,(H,13,14)/b3-2+. The number of allylic oxidation sites excluding steroid dienone is 1. The van der Waals surface area contributed by atoms with Crippen LogP contribution in [0.3, 0.4) is 0 Å². The zero-order valence-electron chi connectivity index (χ0n) is 9.11. The van der Waals surface area contributed by atoms with Gasteiger partial charge in [0, 0.05) is 6.54 Å². The highest BCUT2D eigenvalue weighted by Crippen LogP contribution is 2.18. The quantitative estimate of drug-likeness (QED) is 0.513. The number of hydrogen-bond acceptors (Lipinski definition) is 3. The maximum absolute atomic E-state index is 10.6. The van der Waals surface area contributed by atoms with Crippen LogP contribution in [0.25, 0.3) is 0 Å². The Labute approximate surface area is 90.3 Å². The van der Waals surface area contributed by atoms with E-state index in [4.69, 9.17) is 9.84 Å². The summed E-state index contributed by atoms with van der Waals surface area (Å²) < 4.78 is 5.35. The van der Waals surface area contributed by atoms with E-state index in [2.05, 4.69) is 11.4 Å². The minimum atomic E-state index is -0.841. The van der Waals surface area contributed by atoms with E-state index in [0.29, 0.717) is 6.42 Å². The first-order chi connectivity index (χ1) is 7.24. The van der Waals surface area contributed by atoms with Gasteiger partial charge in [0.1, 0.15) is 0 Å². The van der Waals surface area contributed by atoms with Crippen LogP contribution < -0.4 is 5.32 Å². The molecule has 0 saturated carbocycles. The van der Waals surface area contributed by atoms with Crippen molar-refractivity contribution in [1.82, 2.24) is 5.32 Å². The van der Waals surface area contributed by atoms with E-state index in [1.54, 1.807) is 0 Å². The van der Waals surface area contributed by atoms with Gasteiger partial charge in [0.05, 0.1) is 6.10 Å². The average molecular weight is 213 g/mol. The monoisotopic (exact) mass is 213 g/mol. The molecule has 1 aliphatic rings. The van der Waals surface area contributed by atoms with Crippen LogP contribution in [0.5, 0.6) is 0 Å². The second kappa shape index (κ2) is 6.58. The fraction of sp³-hybridized carbons (Fsp3) is 0.727. The molecule has 0 amide bonds. The van der Waals surface area contributed by atoms with Crippen LogP contribution in [0.1, 0.15) is 26.2 Å². The summed E-state index contributed by atoms with van der Waals surface area (Å²) in [5.41, 5.74) is 0. The number of aliphatic carboxylic acids is 1. The highest BCUT2D eigenvalue weighted by atomic mass is 16.5. The third-order valence-electron chi connectivity index (χ3n) is 2.48. The summed E-state index contributed by atoms with van der Waals surface area (Å²) in [5, 5.41) is 12.0. The first kappa shape index (κ1) is 12.2. The molecule has 1 rings (SSSR count). The molecule has 1 saturated heterocycles. The summed E-state index contributed by atoms with van der Waals surface area (Å²) >= 11 is 0. The van der Waals surface area contributed by atoms with Crippen molar-refractivity contribution in [2.45, 2.75) is 38.4 Å². The van der Waals surface area contributed by atoms with Crippen molar-refractivity contribution in [2.24, 2.45) is 0 Å². The lowest BCUT2D eigenvalue weighted by Gasteiger charge is -2.11. The molecule has 86 valence electrons. The molecule has 1 fully saturated rings. The summed E-state index contributed by atoms with van der Waals surface area (Å²) in [5.74, 6) is -0.841. The highest BCUT2D eigenvalue weighted by Gasteiger charge is 2.29. The average Bonchev–Trinajstić information content (AvgIpc) is 2.66. The predicted molar refractivity (Wildman–Crippen MR) is 57.8 cm³/mol. The second-order valence-electron chi connectivity index (χ2n) is 3.72. The fourth-order valence-electron chi connectivity index (χ4n) is 1.65. The fourth-order valence-corrected chi connectivity index (χ4v) is 1.65. The number of ether oxygens (including phenoxy) is 1. The normalized spacial score (nSPS) is 26.2. The van der Waals surface area contributed by atoms with Gasteiger partial charge in [-0.2, -0.15) is 0 Å². The maximum atomic E-state index is 10.6. The third-order valence-corrected chi connectivity index (χ3v) is 2.48. The van der Waals surface area contributed by atoms with E-state index in [-0.39, 0.29) is 6.10 Å². The molecule has 0 aliphatic carbocycles. The minimum Gasteiger partial charge on any atom is -0.479 e. The van der Waals surface area contributed by atoms with Gasteiger partial charge in [-0.15, -0.1) is 0 Å². The number of hydrogen-bond donors (Lipinski definition) is 2. The maximum Gasteiger partial charge on any atom is 0.332 e. The van der Waals surface area contributed by atoms with Crippen LogP contribution in [-0.4, -0.2) is 36.4 Å². The summed E-state index contributed by atoms with van der Waals surface area (Å²) in [6.07, 6.45) is 6.08. The largest absolute Gasteiger partial charge is 0.479 e. The molecule has 2 N–H and O–H groups in total. The Morgan fingerprint density at radius 1 is 1.60 bits per heavy atom. The first-order valence-electron chi connectivity index (χ1n) is 5.44. The van der Waals surface area contributed by atoms with Crippen molar-refractivity contribution in [3.8, 4) is 0 Å². The molecule has 15 heavy (non-hydrogen) atoms. The summed E-state index contributed by atoms with van der Waals surface area (Å²) in [6, 6.07) is 0. The lowest BCUT2D eigenvalue weighted by molar-refractivity contribution is -0.149. The zero-order valence-corrected chi connectivity index (χ0v) is 9.11. The summed E-state index contributed by atoms with van der Waals surface area (Å²) in [7, 11) is 0. The molecule has 0 aromatic heterocycles. The highest BCUT2D eigenvalue weighted by molar-refractivity contribution is 5.72. The first-order valence-corrected chi connectivity index (χ1v) is 5.44. The number of rotatable bonds is 6. The van der Waals surface area contributed by atoms with Crippen molar-refractivity contribution < 1.29 is 14.6 Å². The molecule has 0 spiro atoms. The van der Waals surface area contributed by atoms with Crippen LogP contribution in [0.15, 0.2) is 12.2 Å². The number of carbonyl (C=O) groups is 1. The SMILES string of the molecule is C/C=C/CCNCC1CCC(C(=O)O)O1. The molecular formula is C11H19NO3. The Morgan fingerprint density at radius 2 is 2.40 bits per heavy atom. The lowest BCUT2D eigenvalue weighted by atomic mass is 10.2. The van der Waals surface area contributed by atoms with Crippen molar-refractivity contribution in [1.29, 1.82) is 0 Å². The predicted octanol–water partition coefficient (Wildman–Crippen LogP) is 1.17. The van der Waals surface area contributed by atoms with E-state index >= 15 is 0 Å². The molecule has 2 atom stereocenters. The molecule has 2 unspecified atom stereocenters. The second-order valence-corrected chi connectivity index (χ2v) is 3.72. The molecule has 1 aliphatic heterocycles. The van der Waals surface area contributed by atoms with Gasteiger partial charge in [0.2, 0.25) is 0 Å². The molecule has 4 heteroatoms. The smallest absolute Gasteiger partial charge is 0.332 e. The Bertz CT molecular complexity index is 228. The molecule has 1 heterocycles. The van der Waals surface area contributed by atoms with E-state index in [0.717, 1.165) is 25.9 Å². The van der Waals surface area contributed by atoms with E-state index in [1.165, 1.54) is 0 Å². The molecule has 0 aromatic carbocycles. The van der Waals surface area contributed by atoms with E-state index in [1.807, 2.05) is 13.0 Å². The van der Waals surface area contributed by atoms with Crippen LogP contribution in [0.4, 0.5) is 0 Å². The van der Waals surface area contributed by atoms with Crippen molar-refractivity contribution in [2.75, 3.05) is 13.1 Å². The van der Waals surface area contributed by atoms with Gasteiger partial charge in [0.15, 0.2) is 6.10 Å². The summed E-state index contributed by atoms with van der Waals surface area (Å²) in [4.78, 5) is 10.6. The Kier molecular flexibility index (Phi) is 5.36. The number of carboxylic acid groups (broad SMARTS) is 1. The van der Waals surface area contributed by atoms with Gasteiger partial charge >= 0.3 is 5.97 Å². The van der Waals surface area contributed by atoms with Crippen molar-refractivity contribution in [3.05, 3.63) is 12.2 Å². The molecule has 0 radical (unpaired) electrons. The van der Waals surface area contributed by atoms with Gasteiger partial charge < -0.3 is 15.2 Å². The van der Waals surface area contributed by atoms with Gasteiger partial charge in [-0.3, -0.25) is 0 Å². The van der Waals surface area contributed by atoms with Crippen LogP contribution in [0, 0.1) is 0 Å². The number of carboxylic acids is 1. The van der Waals surface area contributed by atoms with Gasteiger partial charge in [-0.05, 0) is 32.7 Å². The van der Waals surface area contributed by atoms with Gasteiger partial charge in [-0.25, -0.2) is 4.79 Å². The minimum absolute atomic E-state index is 0.0664. The Balaban J connectivity index is 2.06. The van der Waals surface area contributed by atoms with Gasteiger partial charge in [0.25, 0.3) is 0 Å². The van der Waals surface area contributed by atoms with Crippen molar-refractivity contribution >= 4 is 5.97 Å². The van der Waals surface area contributed by atoms with E-state index in [9.17, 15) is 4.79 Å². The molecule has 4 nitrogen and oxygen atoms in total. The Morgan fingerprint density at radius 3 is 3.00 bits per heavy atom. The van der Waals surface area contributed by atoms with E-state index < -0.39 is 12.1 Å². The van der Waals surface area contributed by atoms with Crippen LogP contribution in [0.2, 0.25) is 0 Å². The molecule has 0 aromatic rings. The van der Waals surface area contributed by atoms with Crippen LogP contribution in [-0.2, 0) is 9.53 Å². The Hall–Kier alpha value is -0.870. The lowest BCUT2D eigenvalue weighted by Crippen LogP contribution is -2.29. The number of nitrogens with one attached hydrogen (secondary N) is 1. The van der Waals surface area contributed by atoms with Gasteiger partial charge in [-0.1, -0.05) is 12.2 Å². The zero-order chi connectivity index (χ0) is 11.1. The third kappa shape index (κ3) is 4.44.